The molecule has 1 aliphatic heterocycles. The lowest BCUT2D eigenvalue weighted by Crippen LogP contribution is -2.51. The molecule has 0 radical (unpaired) electrons. The van der Waals surface area contributed by atoms with Crippen molar-refractivity contribution in [2.75, 3.05) is 18.5 Å². The zero-order chi connectivity index (χ0) is 16.1. The van der Waals surface area contributed by atoms with Crippen LogP contribution < -0.4 is 5.32 Å². The van der Waals surface area contributed by atoms with Gasteiger partial charge in [-0.1, -0.05) is 12.1 Å². The molecule has 1 N–H and O–H groups in total. The van der Waals surface area contributed by atoms with E-state index in [1.54, 1.807) is 12.2 Å². The van der Waals surface area contributed by atoms with Gasteiger partial charge < -0.3 is 15.0 Å². The van der Waals surface area contributed by atoms with Gasteiger partial charge in [-0.2, -0.15) is 0 Å². The average Bonchev–Trinajstić information content (AvgIpc) is 2.46. The molecule has 0 saturated carbocycles. The number of rotatable bonds is 3. The van der Waals surface area contributed by atoms with Crippen molar-refractivity contribution in [3.05, 3.63) is 35.9 Å². The molecule has 0 unspecified atom stereocenters. The van der Waals surface area contributed by atoms with Crippen LogP contribution in [-0.2, 0) is 14.3 Å². The van der Waals surface area contributed by atoms with Gasteiger partial charge in [-0.05, 0) is 37.6 Å². The van der Waals surface area contributed by atoms with Crippen LogP contribution in [0.1, 0.15) is 26.3 Å². The molecule has 22 heavy (non-hydrogen) atoms. The van der Waals surface area contributed by atoms with E-state index in [1.165, 1.54) is 6.92 Å². The Balaban J connectivity index is 2.01. The Morgan fingerprint density at radius 1 is 1.18 bits per heavy atom. The molecule has 1 saturated heterocycles. The van der Waals surface area contributed by atoms with Crippen LogP contribution in [0, 0.1) is 0 Å². The minimum atomic E-state index is -0.103. The van der Waals surface area contributed by atoms with Crippen molar-refractivity contribution < 1.29 is 14.3 Å². The molecule has 1 aromatic rings. The minimum absolute atomic E-state index is 0.00534. The highest BCUT2D eigenvalue weighted by Crippen LogP contribution is 2.15. The van der Waals surface area contributed by atoms with E-state index >= 15 is 0 Å². The Labute approximate surface area is 130 Å². The summed E-state index contributed by atoms with van der Waals surface area (Å²) in [5, 5.41) is 2.71. The maximum Gasteiger partial charge on any atom is 0.247 e. The third kappa shape index (κ3) is 4.18. The van der Waals surface area contributed by atoms with Gasteiger partial charge in [-0.15, -0.1) is 0 Å². The second-order valence-electron chi connectivity index (χ2n) is 5.62. The fourth-order valence-electron chi connectivity index (χ4n) is 2.57. The number of amides is 2. The minimum Gasteiger partial charge on any atom is -0.377 e. The van der Waals surface area contributed by atoms with E-state index in [0.717, 1.165) is 11.3 Å². The van der Waals surface area contributed by atoms with E-state index in [0.29, 0.717) is 13.2 Å². The van der Waals surface area contributed by atoms with E-state index < -0.39 is 0 Å². The van der Waals surface area contributed by atoms with Crippen molar-refractivity contribution in [2.24, 2.45) is 0 Å². The summed E-state index contributed by atoms with van der Waals surface area (Å²) in [5.41, 5.74) is 1.66. The molecule has 118 valence electrons. The summed E-state index contributed by atoms with van der Waals surface area (Å²) in [5.74, 6) is -0.108. The van der Waals surface area contributed by atoms with E-state index in [4.69, 9.17) is 4.74 Å². The summed E-state index contributed by atoms with van der Waals surface area (Å²) in [6.07, 6.45) is 3.38. The number of carbonyl (C=O) groups excluding carboxylic acids is 2. The normalized spacial score (nSPS) is 21.9. The first kappa shape index (κ1) is 16.2. The van der Waals surface area contributed by atoms with Crippen LogP contribution in [0.5, 0.6) is 0 Å². The van der Waals surface area contributed by atoms with Gasteiger partial charge in [0.15, 0.2) is 0 Å². The van der Waals surface area contributed by atoms with Crippen molar-refractivity contribution in [1.82, 2.24) is 4.90 Å². The SMILES string of the molecule is CC(=O)Nc1ccc(/C=C\C(=O)N2[C@H](C)COC[C@@H]2C)cc1. The lowest BCUT2D eigenvalue weighted by molar-refractivity contribution is -0.138. The highest BCUT2D eigenvalue weighted by Gasteiger charge is 2.28. The average molecular weight is 302 g/mol. The van der Waals surface area contributed by atoms with Gasteiger partial charge in [-0.25, -0.2) is 0 Å². The van der Waals surface area contributed by atoms with Crippen molar-refractivity contribution in [1.29, 1.82) is 0 Å². The smallest absolute Gasteiger partial charge is 0.247 e. The van der Waals surface area contributed by atoms with Gasteiger partial charge in [0.1, 0.15) is 0 Å². The molecule has 0 aromatic heterocycles. The fraction of sp³-hybridized carbons (Fsp3) is 0.412. The largest absolute Gasteiger partial charge is 0.377 e. The second kappa shape index (κ2) is 7.22. The van der Waals surface area contributed by atoms with E-state index in [-0.39, 0.29) is 23.9 Å². The number of benzene rings is 1. The first-order chi connectivity index (χ1) is 10.5. The van der Waals surface area contributed by atoms with Crippen LogP contribution in [-0.4, -0.2) is 42.0 Å². The predicted molar refractivity (Wildman–Crippen MR) is 86.4 cm³/mol. The molecule has 1 fully saturated rings. The molecular formula is C17H22N2O3. The van der Waals surface area contributed by atoms with Gasteiger partial charge in [0, 0.05) is 18.7 Å². The summed E-state index contributed by atoms with van der Waals surface area (Å²) < 4.78 is 5.43. The fourth-order valence-corrected chi connectivity index (χ4v) is 2.57. The Bertz CT molecular complexity index is 556. The highest BCUT2D eigenvalue weighted by molar-refractivity contribution is 5.92. The van der Waals surface area contributed by atoms with Crippen LogP contribution in [0.3, 0.4) is 0 Å². The topological polar surface area (TPSA) is 58.6 Å². The molecule has 5 nitrogen and oxygen atoms in total. The predicted octanol–water partition coefficient (Wildman–Crippen LogP) is 2.29. The summed E-state index contributed by atoms with van der Waals surface area (Å²) in [6, 6.07) is 7.52. The number of carbonyl (C=O) groups is 2. The summed E-state index contributed by atoms with van der Waals surface area (Å²) >= 11 is 0. The summed E-state index contributed by atoms with van der Waals surface area (Å²) in [6.45, 7) is 6.61. The van der Waals surface area contributed by atoms with Gasteiger partial charge in [-0.3, -0.25) is 9.59 Å². The highest BCUT2D eigenvalue weighted by atomic mass is 16.5. The Morgan fingerprint density at radius 3 is 2.32 bits per heavy atom. The number of hydrogen-bond acceptors (Lipinski definition) is 3. The zero-order valence-electron chi connectivity index (χ0n) is 13.2. The van der Waals surface area contributed by atoms with Gasteiger partial charge in [0.25, 0.3) is 0 Å². The van der Waals surface area contributed by atoms with Crippen molar-refractivity contribution in [2.45, 2.75) is 32.9 Å². The summed E-state index contributed by atoms with van der Waals surface area (Å²) in [7, 11) is 0. The molecule has 1 aliphatic rings. The van der Waals surface area contributed by atoms with Gasteiger partial charge in [0.05, 0.1) is 25.3 Å². The van der Waals surface area contributed by atoms with Crippen LogP contribution in [0.4, 0.5) is 5.69 Å². The van der Waals surface area contributed by atoms with Crippen LogP contribution >= 0.6 is 0 Å². The molecular weight excluding hydrogens is 280 g/mol. The number of hydrogen-bond donors (Lipinski definition) is 1. The lowest BCUT2D eigenvalue weighted by Gasteiger charge is -2.38. The molecule has 1 aromatic carbocycles. The van der Waals surface area contributed by atoms with Gasteiger partial charge in [0.2, 0.25) is 11.8 Å². The monoisotopic (exact) mass is 302 g/mol. The molecule has 0 aliphatic carbocycles. The van der Waals surface area contributed by atoms with Gasteiger partial charge >= 0.3 is 0 Å². The van der Waals surface area contributed by atoms with Crippen LogP contribution in [0.2, 0.25) is 0 Å². The molecule has 1 heterocycles. The zero-order valence-corrected chi connectivity index (χ0v) is 13.2. The molecule has 0 spiro atoms. The number of nitrogens with zero attached hydrogens (tertiary/aromatic N) is 1. The Kier molecular flexibility index (Phi) is 5.33. The molecule has 2 atom stereocenters. The Hall–Kier alpha value is -2.14. The first-order valence-corrected chi connectivity index (χ1v) is 7.43. The van der Waals surface area contributed by atoms with Crippen molar-refractivity contribution in [3.8, 4) is 0 Å². The maximum atomic E-state index is 12.3. The number of nitrogens with one attached hydrogen (secondary N) is 1. The van der Waals surface area contributed by atoms with Crippen LogP contribution in [0.25, 0.3) is 6.08 Å². The van der Waals surface area contributed by atoms with Crippen molar-refractivity contribution >= 4 is 23.6 Å². The van der Waals surface area contributed by atoms with E-state index in [2.05, 4.69) is 5.32 Å². The first-order valence-electron chi connectivity index (χ1n) is 7.43. The second-order valence-corrected chi connectivity index (χ2v) is 5.62. The molecule has 0 bridgehead atoms. The summed E-state index contributed by atoms with van der Waals surface area (Å²) in [4.78, 5) is 25.1. The lowest BCUT2D eigenvalue weighted by atomic mass is 10.1. The standard InChI is InChI=1S/C17H22N2O3/c1-12-10-22-11-13(2)19(12)17(21)9-6-15-4-7-16(8-5-15)18-14(3)20/h4-9,12-13H,10-11H2,1-3H3,(H,18,20)/b9-6-/t12-,13+. The van der Waals surface area contributed by atoms with Crippen molar-refractivity contribution in [3.63, 3.8) is 0 Å². The van der Waals surface area contributed by atoms with E-state index in [9.17, 15) is 9.59 Å². The third-order valence-corrected chi connectivity index (χ3v) is 3.57. The van der Waals surface area contributed by atoms with Crippen LogP contribution in [0.15, 0.2) is 30.3 Å². The number of anilines is 1. The van der Waals surface area contributed by atoms with E-state index in [1.807, 2.05) is 43.0 Å². The number of ether oxygens (including phenoxy) is 1. The molecule has 2 amide bonds. The molecule has 5 heteroatoms. The maximum absolute atomic E-state index is 12.3. The molecule has 2 rings (SSSR count). The third-order valence-electron chi connectivity index (χ3n) is 3.57. The quantitative estimate of drug-likeness (QED) is 0.872. The Morgan fingerprint density at radius 2 is 1.77 bits per heavy atom. The number of morpholine rings is 1.